The van der Waals surface area contributed by atoms with Crippen LogP contribution in [0.1, 0.15) is 15.9 Å². The van der Waals surface area contributed by atoms with Gasteiger partial charge in [0, 0.05) is 38.9 Å². The van der Waals surface area contributed by atoms with Gasteiger partial charge in [0.05, 0.1) is 5.56 Å². The van der Waals surface area contributed by atoms with E-state index >= 15 is 0 Å². The molecule has 0 unspecified atom stereocenters. The Labute approximate surface area is 130 Å². The molecular weight excluding hydrogens is 276 g/mol. The number of hydrogen-bond donors (Lipinski definition) is 1. The number of piperazine rings is 1. The first kappa shape index (κ1) is 14.5. The van der Waals surface area contributed by atoms with Crippen molar-refractivity contribution in [2.75, 3.05) is 31.1 Å². The predicted molar refractivity (Wildman–Crippen MR) is 86.7 cm³/mol. The van der Waals surface area contributed by atoms with E-state index in [2.05, 4.69) is 39.0 Å². The van der Waals surface area contributed by atoms with Crippen LogP contribution in [0.3, 0.4) is 0 Å². The molecule has 5 heteroatoms. The molecule has 22 heavy (non-hydrogen) atoms. The maximum Gasteiger partial charge on any atom is 0.252 e. The largest absolute Gasteiger partial charge is 0.365 e. The Hall–Kier alpha value is -2.40. The molecule has 0 atom stereocenters. The second-order valence-electron chi connectivity index (χ2n) is 5.49. The summed E-state index contributed by atoms with van der Waals surface area (Å²) in [6, 6.07) is 14.0. The number of aromatic nitrogens is 1. The molecule has 1 aromatic carbocycles. The molecule has 1 saturated heterocycles. The monoisotopic (exact) mass is 296 g/mol. The van der Waals surface area contributed by atoms with Crippen molar-refractivity contribution in [3.8, 4) is 0 Å². The molecule has 0 radical (unpaired) electrons. The summed E-state index contributed by atoms with van der Waals surface area (Å²) in [6.07, 6.45) is 1.71. The molecule has 1 aromatic heterocycles. The van der Waals surface area contributed by atoms with Gasteiger partial charge in [0.15, 0.2) is 0 Å². The SMILES string of the molecule is NC(=O)c1cccnc1N1CCN(Cc2ccccc2)CC1. The number of amides is 1. The molecular formula is C17H20N4O. The molecule has 2 N–H and O–H groups in total. The highest BCUT2D eigenvalue weighted by molar-refractivity contribution is 5.97. The Morgan fingerprint density at radius 1 is 1.05 bits per heavy atom. The van der Waals surface area contributed by atoms with Crippen LogP contribution in [-0.2, 0) is 6.54 Å². The molecule has 0 aliphatic carbocycles. The van der Waals surface area contributed by atoms with Gasteiger partial charge in [-0.15, -0.1) is 0 Å². The third-order valence-corrected chi connectivity index (χ3v) is 3.97. The number of carbonyl (C=O) groups excluding carboxylic acids is 1. The van der Waals surface area contributed by atoms with Crippen molar-refractivity contribution in [3.05, 3.63) is 59.8 Å². The lowest BCUT2D eigenvalue weighted by Gasteiger charge is -2.36. The van der Waals surface area contributed by atoms with Gasteiger partial charge in [-0.05, 0) is 17.7 Å². The lowest BCUT2D eigenvalue weighted by molar-refractivity contribution is 0.1000. The van der Waals surface area contributed by atoms with Crippen LogP contribution in [0.15, 0.2) is 48.7 Å². The number of carbonyl (C=O) groups is 1. The maximum atomic E-state index is 11.5. The van der Waals surface area contributed by atoms with E-state index in [1.54, 1.807) is 18.3 Å². The smallest absolute Gasteiger partial charge is 0.252 e. The standard InChI is InChI=1S/C17H20N4O/c18-16(22)15-7-4-8-19-17(15)21-11-9-20(10-12-21)13-14-5-2-1-3-6-14/h1-8H,9-13H2,(H2,18,22). The highest BCUT2D eigenvalue weighted by atomic mass is 16.1. The van der Waals surface area contributed by atoms with Crippen molar-refractivity contribution < 1.29 is 4.79 Å². The highest BCUT2D eigenvalue weighted by Gasteiger charge is 2.21. The lowest BCUT2D eigenvalue weighted by atomic mass is 10.2. The van der Waals surface area contributed by atoms with E-state index in [1.165, 1.54) is 5.56 Å². The number of rotatable bonds is 4. The number of nitrogens with zero attached hydrogens (tertiary/aromatic N) is 3. The average Bonchev–Trinajstić information content (AvgIpc) is 2.56. The van der Waals surface area contributed by atoms with Gasteiger partial charge in [0.1, 0.15) is 5.82 Å². The van der Waals surface area contributed by atoms with E-state index in [-0.39, 0.29) is 0 Å². The van der Waals surface area contributed by atoms with Gasteiger partial charge in [-0.2, -0.15) is 0 Å². The Morgan fingerprint density at radius 3 is 2.45 bits per heavy atom. The molecule has 0 bridgehead atoms. The van der Waals surface area contributed by atoms with Gasteiger partial charge in [0.25, 0.3) is 5.91 Å². The van der Waals surface area contributed by atoms with E-state index in [0.717, 1.165) is 32.7 Å². The average molecular weight is 296 g/mol. The number of benzene rings is 1. The van der Waals surface area contributed by atoms with Crippen LogP contribution < -0.4 is 10.6 Å². The van der Waals surface area contributed by atoms with Gasteiger partial charge in [-0.3, -0.25) is 9.69 Å². The number of hydrogen-bond acceptors (Lipinski definition) is 4. The minimum atomic E-state index is -0.421. The van der Waals surface area contributed by atoms with Crippen LogP contribution in [0.5, 0.6) is 0 Å². The van der Waals surface area contributed by atoms with Gasteiger partial charge >= 0.3 is 0 Å². The fourth-order valence-corrected chi connectivity index (χ4v) is 2.80. The van der Waals surface area contributed by atoms with E-state index < -0.39 is 5.91 Å². The minimum absolute atomic E-state index is 0.421. The van der Waals surface area contributed by atoms with Crippen LogP contribution in [-0.4, -0.2) is 42.0 Å². The summed E-state index contributed by atoms with van der Waals surface area (Å²) in [6.45, 7) is 4.56. The highest BCUT2D eigenvalue weighted by Crippen LogP contribution is 2.19. The fourth-order valence-electron chi connectivity index (χ4n) is 2.80. The van der Waals surface area contributed by atoms with Crippen molar-refractivity contribution >= 4 is 11.7 Å². The molecule has 0 spiro atoms. The van der Waals surface area contributed by atoms with Gasteiger partial charge < -0.3 is 10.6 Å². The quantitative estimate of drug-likeness (QED) is 0.929. The van der Waals surface area contributed by atoms with Gasteiger partial charge in [-0.25, -0.2) is 4.98 Å². The molecule has 114 valence electrons. The Balaban J connectivity index is 1.64. The van der Waals surface area contributed by atoms with Gasteiger partial charge in [0.2, 0.25) is 0 Å². The zero-order valence-electron chi connectivity index (χ0n) is 12.5. The first-order valence-corrected chi connectivity index (χ1v) is 7.50. The van der Waals surface area contributed by atoms with Gasteiger partial charge in [-0.1, -0.05) is 30.3 Å². The van der Waals surface area contributed by atoms with E-state index in [0.29, 0.717) is 11.4 Å². The van der Waals surface area contributed by atoms with Crippen molar-refractivity contribution in [3.63, 3.8) is 0 Å². The van der Waals surface area contributed by atoms with Crippen LogP contribution in [0.2, 0.25) is 0 Å². The predicted octanol–water partition coefficient (Wildman–Crippen LogP) is 1.50. The summed E-state index contributed by atoms with van der Waals surface area (Å²) < 4.78 is 0. The summed E-state index contributed by atoms with van der Waals surface area (Å²) in [5, 5.41) is 0. The topological polar surface area (TPSA) is 62.5 Å². The van der Waals surface area contributed by atoms with E-state index in [1.807, 2.05) is 6.07 Å². The Kier molecular flexibility index (Phi) is 4.34. The van der Waals surface area contributed by atoms with Crippen molar-refractivity contribution in [1.29, 1.82) is 0 Å². The Morgan fingerprint density at radius 2 is 1.77 bits per heavy atom. The third kappa shape index (κ3) is 3.26. The third-order valence-electron chi connectivity index (χ3n) is 3.97. The number of anilines is 1. The first-order chi connectivity index (χ1) is 10.7. The second-order valence-corrected chi connectivity index (χ2v) is 5.49. The zero-order chi connectivity index (χ0) is 15.4. The maximum absolute atomic E-state index is 11.5. The lowest BCUT2D eigenvalue weighted by Crippen LogP contribution is -2.46. The van der Waals surface area contributed by atoms with E-state index in [9.17, 15) is 4.79 Å². The number of nitrogens with two attached hydrogens (primary N) is 1. The first-order valence-electron chi connectivity index (χ1n) is 7.50. The Bertz CT molecular complexity index is 636. The van der Waals surface area contributed by atoms with Crippen molar-refractivity contribution in [1.82, 2.24) is 9.88 Å². The second kappa shape index (κ2) is 6.58. The molecule has 1 aliphatic heterocycles. The normalized spacial score (nSPS) is 15.7. The van der Waals surface area contributed by atoms with Crippen LogP contribution in [0.25, 0.3) is 0 Å². The summed E-state index contributed by atoms with van der Waals surface area (Å²) in [5.74, 6) is 0.282. The van der Waals surface area contributed by atoms with Crippen molar-refractivity contribution in [2.24, 2.45) is 5.73 Å². The minimum Gasteiger partial charge on any atom is -0.365 e. The number of pyridine rings is 1. The van der Waals surface area contributed by atoms with Crippen molar-refractivity contribution in [2.45, 2.75) is 6.54 Å². The summed E-state index contributed by atoms with van der Waals surface area (Å²) in [5.41, 5.74) is 7.26. The summed E-state index contributed by atoms with van der Waals surface area (Å²) in [4.78, 5) is 20.4. The van der Waals surface area contributed by atoms with Crippen LogP contribution in [0.4, 0.5) is 5.82 Å². The molecule has 1 aliphatic rings. The molecule has 2 heterocycles. The fraction of sp³-hybridized carbons (Fsp3) is 0.294. The molecule has 1 amide bonds. The van der Waals surface area contributed by atoms with Crippen LogP contribution in [0, 0.1) is 0 Å². The molecule has 0 saturated carbocycles. The summed E-state index contributed by atoms with van der Waals surface area (Å²) >= 11 is 0. The number of primary amides is 1. The molecule has 5 nitrogen and oxygen atoms in total. The molecule has 1 fully saturated rings. The zero-order valence-corrected chi connectivity index (χ0v) is 12.5. The molecule has 3 rings (SSSR count). The summed E-state index contributed by atoms with van der Waals surface area (Å²) in [7, 11) is 0. The molecule has 2 aromatic rings. The van der Waals surface area contributed by atoms with E-state index in [4.69, 9.17) is 5.73 Å². The van der Waals surface area contributed by atoms with Crippen LogP contribution >= 0.6 is 0 Å².